The molecule has 0 aliphatic carbocycles. The topological polar surface area (TPSA) is 75.7 Å². The van der Waals surface area contributed by atoms with E-state index >= 15 is 0 Å². The quantitative estimate of drug-likeness (QED) is 0.599. The summed E-state index contributed by atoms with van der Waals surface area (Å²) in [6.07, 6.45) is 3.22. The number of likely N-dealkylation sites (tertiary alicyclic amines) is 1. The van der Waals surface area contributed by atoms with Gasteiger partial charge in [0.15, 0.2) is 0 Å². The van der Waals surface area contributed by atoms with Gasteiger partial charge >= 0.3 is 0 Å². The molecule has 7 heteroatoms. The number of sulfonamides is 1. The second kappa shape index (κ2) is 10.8. The number of hydrogen-bond acceptors (Lipinski definition) is 4. The molecular formula is C24H32N2O4S. The van der Waals surface area contributed by atoms with Crippen LogP contribution in [0.1, 0.15) is 43.7 Å². The molecule has 31 heavy (non-hydrogen) atoms. The van der Waals surface area contributed by atoms with Gasteiger partial charge in [-0.05, 0) is 61.9 Å². The van der Waals surface area contributed by atoms with Crippen molar-refractivity contribution in [2.75, 3.05) is 19.7 Å². The van der Waals surface area contributed by atoms with Gasteiger partial charge in [-0.1, -0.05) is 37.3 Å². The number of hydrogen-bond donors (Lipinski definition) is 1. The number of carbonyl (C=O) groups excluding carboxylic acids is 1. The van der Waals surface area contributed by atoms with Crippen molar-refractivity contribution < 1.29 is 17.9 Å². The molecule has 0 radical (unpaired) electrons. The number of para-hydroxylation sites is 1. The summed E-state index contributed by atoms with van der Waals surface area (Å²) >= 11 is 0. The van der Waals surface area contributed by atoms with E-state index in [2.05, 4.69) is 4.72 Å². The van der Waals surface area contributed by atoms with Crippen LogP contribution in [-0.4, -0.2) is 45.0 Å². The average Bonchev–Trinajstić information content (AvgIpc) is 2.78. The van der Waals surface area contributed by atoms with E-state index in [1.54, 1.807) is 12.1 Å². The van der Waals surface area contributed by atoms with Gasteiger partial charge in [-0.25, -0.2) is 13.1 Å². The number of benzene rings is 2. The number of rotatable bonds is 9. The molecule has 0 unspecified atom stereocenters. The molecule has 1 aliphatic rings. The van der Waals surface area contributed by atoms with E-state index in [-0.39, 0.29) is 16.8 Å². The highest BCUT2D eigenvalue weighted by Gasteiger charge is 2.26. The average molecular weight is 445 g/mol. The molecule has 0 atom stereocenters. The number of ether oxygens (including phenoxy) is 1. The molecule has 1 amide bonds. The minimum Gasteiger partial charge on any atom is -0.493 e. The van der Waals surface area contributed by atoms with Crippen LogP contribution in [0, 0.1) is 6.92 Å². The highest BCUT2D eigenvalue weighted by atomic mass is 32.2. The maximum Gasteiger partial charge on any atom is 0.240 e. The second-order valence-corrected chi connectivity index (χ2v) is 9.71. The molecular weight excluding hydrogens is 412 g/mol. The summed E-state index contributed by atoms with van der Waals surface area (Å²) < 4.78 is 33.8. The molecule has 1 aliphatic heterocycles. The first-order valence-corrected chi connectivity index (χ1v) is 12.4. The monoisotopic (exact) mass is 444 g/mol. The lowest BCUT2D eigenvalue weighted by atomic mass is 10.1. The van der Waals surface area contributed by atoms with E-state index in [4.69, 9.17) is 4.74 Å². The van der Waals surface area contributed by atoms with E-state index < -0.39 is 10.0 Å². The molecule has 168 valence electrons. The van der Waals surface area contributed by atoms with Gasteiger partial charge in [0, 0.05) is 25.6 Å². The molecule has 2 aromatic carbocycles. The van der Waals surface area contributed by atoms with Crippen LogP contribution in [0.4, 0.5) is 0 Å². The molecule has 0 spiro atoms. The molecule has 6 nitrogen and oxygen atoms in total. The van der Waals surface area contributed by atoms with Crippen molar-refractivity contribution in [1.82, 2.24) is 9.62 Å². The Bertz CT molecular complexity index is 965. The second-order valence-electron chi connectivity index (χ2n) is 7.99. The van der Waals surface area contributed by atoms with E-state index in [0.717, 1.165) is 23.3 Å². The lowest BCUT2D eigenvalue weighted by Gasteiger charge is -2.32. The van der Waals surface area contributed by atoms with E-state index in [9.17, 15) is 13.2 Å². The zero-order valence-electron chi connectivity index (χ0n) is 18.3. The smallest absolute Gasteiger partial charge is 0.240 e. The molecule has 1 N–H and O–H groups in total. The maximum atomic E-state index is 12.6. The van der Waals surface area contributed by atoms with Crippen LogP contribution in [0.15, 0.2) is 53.4 Å². The summed E-state index contributed by atoms with van der Waals surface area (Å²) in [5.74, 6) is 0.956. The molecule has 1 heterocycles. The van der Waals surface area contributed by atoms with Crippen molar-refractivity contribution in [3.05, 3.63) is 59.7 Å². The predicted octanol–water partition coefficient (Wildman–Crippen LogP) is 3.69. The lowest BCUT2D eigenvalue weighted by molar-refractivity contribution is -0.132. The van der Waals surface area contributed by atoms with E-state index in [1.165, 1.54) is 0 Å². The summed E-state index contributed by atoms with van der Waals surface area (Å²) in [6, 6.07) is 14.7. The molecule has 0 saturated carbocycles. The number of aryl methyl sites for hydroxylation is 2. The lowest BCUT2D eigenvalue weighted by Crippen LogP contribution is -2.46. The first-order valence-electron chi connectivity index (χ1n) is 11.0. The zero-order chi connectivity index (χ0) is 22.3. The Balaban J connectivity index is 1.40. The van der Waals surface area contributed by atoms with Gasteiger partial charge in [-0.2, -0.15) is 0 Å². The van der Waals surface area contributed by atoms with Crippen LogP contribution in [-0.2, 0) is 21.2 Å². The van der Waals surface area contributed by atoms with Crippen LogP contribution < -0.4 is 9.46 Å². The van der Waals surface area contributed by atoms with Gasteiger partial charge in [0.05, 0.1) is 11.5 Å². The Hall–Kier alpha value is -2.38. The molecule has 1 fully saturated rings. The fourth-order valence-corrected chi connectivity index (χ4v) is 5.03. The van der Waals surface area contributed by atoms with Gasteiger partial charge in [-0.3, -0.25) is 4.79 Å². The molecule has 1 saturated heterocycles. The van der Waals surface area contributed by atoms with Crippen molar-refractivity contribution in [3.63, 3.8) is 0 Å². The van der Waals surface area contributed by atoms with Crippen LogP contribution in [0.25, 0.3) is 0 Å². The Morgan fingerprint density at radius 3 is 2.42 bits per heavy atom. The Morgan fingerprint density at radius 1 is 1.10 bits per heavy atom. The van der Waals surface area contributed by atoms with Gasteiger partial charge < -0.3 is 9.64 Å². The van der Waals surface area contributed by atoms with Crippen molar-refractivity contribution in [1.29, 1.82) is 0 Å². The fraction of sp³-hybridized carbons (Fsp3) is 0.458. The highest BCUT2D eigenvalue weighted by molar-refractivity contribution is 7.89. The Labute approximate surface area is 185 Å². The fourth-order valence-electron chi connectivity index (χ4n) is 3.72. The molecule has 3 rings (SSSR count). The maximum absolute atomic E-state index is 12.6. The third kappa shape index (κ3) is 6.55. The molecule has 0 bridgehead atoms. The summed E-state index contributed by atoms with van der Waals surface area (Å²) in [5.41, 5.74) is 2.19. The largest absolute Gasteiger partial charge is 0.493 e. The van der Waals surface area contributed by atoms with Crippen molar-refractivity contribution in [2.24, 2.45) is 0 Å². The van der Waals surface area contributed by atoms with Gasteiger partial charge in [-0.15, -0.1) is 0 Å². The van der Waals surface area contributed by atoms with Crippen molar-refractivity contribution in [2.45, 2.75) is 56.9 Å². The van der Waals surface area contributed by atoms with E-state index in [1.807, 2.05) is 55.1 Å². The first kappa shape index (κ1) is 23.3. The number of nitrogens with zero attached hydrogens (tertiary/aromatic N) is 1. The normalized spacial score (nSPS) is 15.1. The third-order valence-electron chi connectivity index (χ3n) is 5.70. The third-order valence-corrected chi connectivity index (χ3v) is 7.23. The Kier molecular flexibility index (Phi) is 8.09. The van der Waals surface area contributed by atoms with Gasteiger partial charge in [0.25, 0.3) is 0 Å². The minimum absolute atomic E-state index is 0.102. The first-order chi connectivity index (χ1) is 14.9. The molecule has 0 aromatic heterocycles. The van der Waals surface area contributed by atoms with Crippen LogP contribution >= 0.6 is 0 Å². The SMILES string of the molecule is CCc1ccc(S(=O)(=O)NC2CCN(C(=O)CCCOc3ccccc3C)CC2)cc1. The van der Waals surface area contributed by atoms with Gasteiger partial charge in [0.2, 0.25) is 15.9 Å². The Morgan fingerprint density at radius 2 is 1.77 bits per heavy atom. The zero-order valence-corrected chi connectivity index (χ0v) is 19.2. The van der Waals surface area contributed by atoms with Crippen molar-refractivity contribution in [3.8, 4) is 5.75 Å². The molecule has 2 aromatic rings. The summed E-state index contributed by atoms with van der Waals surface area (Å²) in [7, 11) is -3.54. The van der Waals surface area contributed by atoms with Gasteiger partial charge in [0.1, 0.15) is 5.75 Å². The summed E-state index contributed by atoms with van der Waals surface area (Å²) in [4.78, 5) is 14.6. The summed E-state index contributed by atoms with van der Waals surface area (Å²) in [6.45, 7) is 5.68. The standard InChI is InChI=1S/C24H32N2O4S/c1-3-20-10-12-22(13-11-20)31(28,29)25-21-14-16-26(17-15-21)24(27)9-6-18-30-23-8-5-4-7-19(23)2/h4-5,7-8,10-13,21,25H,3,6,9,14-18H2,1-2H3. The minimum atomic E-state index is -3.54. The van der Waals surface area contributed by atoms with Crippen LogP contribution in [0.5, 0.6) is 5.75 Å². The van der Waals surface area contributed by atoms with E-state index in [0.29, 0.717) is 45.4 Å². The number of amides is 1. The van der Waals surface area contributed by atoms with Crippen LogP contribution in [0.2, 0.25) is 0 Å². The number of carbonyl (C=O) groups is 1. The predicted molar refractivity (Wildman–Crippen MR) is 122 cm³/mol. The number of piperidine rings is 1. The van der Waals surface area contributed by atoms with Crippen LogP contribution in [0.3, 0.4) is 0 Å². The number of nitrogens with one attached hydrogen (secondary N) is 1. The summed E-state index contributed by atoms with van der Waals surface area (Å²) in [5, 5.41) is 0. The van der Waals surface area contributed by atoms with Crippen molar-refractivity contribution >= 4 is 15.9 Å². The highest BCUT2D eigenvalue weighted by Crippen LogP contribution is 2.18.